The second kappa shape index (κ2) is 6.70. The zero-order valence-corrected chi connectivity index (χ0v) is 15.2. The van der Waals surface area contributed by atoms with Gasteiger partial charge in [0.2, 0.25) is 10.0 Å². The van der Waals surface area contributed by atoms with E-state index in [-0.39, 0.29) is 35.7 Å². The zero-order valence-electron chi connectivity index (χ0n) is 14.4. The van der Waals surface area contributed by atoms with Gasteiger partial charge in [0.05, 0.1) is 7.11 Å². The zero-order chi connectivity index (χ0) is 18.1. The van der Waals surface area contributed by atoms with E-state index in [1.54, 1.807) is 12.1 Å². The van der Waals surface area contributed by atoms with E-state index in [1.165, 1.54) is 11.4 Å². The lowest BCUT2D eigenvalue weighted by molar-refractivity contribution is -0.140. The van der Waals surface area contributed by atoms with Crippen molar-refractivity contribution in [2.75, 3.05) is 26.7 Å². The number of hydrogen-bond donors (Lipinski definition) is 2. The minimum Gasteiger partial charge on any atom is -0.495 e. The van der Waals surface area contributed by atoms with Gasteiger partial charge in [-0.05, 0) is 23.1 Å². The van der Waals surface area contributed by atoms with Crippen molar-refractivity contribution in [2.45, 2.75) is 37.1 Å². The summed E-state index contributed by atoms with van der Waals surface area (Å²) in [7, 11) is -2.43. The highest BCUT2D eigenvalue weighted by molar-refractivity contribution is 7.89. The van der Waals surface area contributed by atoms with Crippen molar-refractivity contribution in [1.82, 2.24) is 9.62 Å². The van der Waals surface area contributed by atoms with Crippen LogP contribution in [0.1, 0.15) is 26.3 Å². The van der Waals surface area contributed by atoms with Crippen LogP contribution in [0.3, 0.4) is 0 Å². The lowest BCUT2D eigenvalue weighted by atomic mass is 9.87. The smallest absolute Gasteiger partial charge is 0.322 e. The third-order valence-electron chi connectivity index (χ3n) is 4.08. The molecule has 8 heteroatoms. The van der Waals surface area contributed by atoms with E-state index in [1.807, 2.05) is 26.8 Å². The molecule has 0 aromatic heterocycles. The summed E-state index contributed by atoms with van der Waals surface area (Å²) < 4.78 is 32.5. The Balaban J connectivity index is 2.46. The topological polar surface area (TPSA) is 95.9 Å². The second-order valence-electron chi connectivity index (χ2n) is 6.82. The fourth-order valence-electron chi connectivity index (χ4n) is 2.59. The van der Waals surface area contributed by atoms with Gasteiger partial charge < -0.3 is 15.2 Å². The molecule has 1 atom stereocenters. The molecule has 0 amide bonds. The number of piperazine rings is 1. The normalized spacial score (nSPS) is 19.9. The van der Waals surface area contributed by atoms with Crippen molar-refractivity contribution in [1.29, 1.82) is 0 Å². The van der Waals surface area contributed by atoms with Gasteiger partial charge >= 0.3 is 5.97 Å². The standard InChI is InChI=1S/C16H24N2O5S/c1-16(2,3)11-5-6-13(23-4)14(9-11)24(21,22)18-8-7-17-12(10-18)15(19)20/h5-6,9,12,17H,7-8,10H2,1-4H3,(H,19,20). The predicted molar refractivity (Wildman–Crippen MR) is 89.9 cm³/mol. The molecule has 1 saturated heterocycles. The van der Waals surface area contributed by atoms with Crippen molar-refractivity contribution >= 4 is 16.0 Å². The van der Waals surface area contributed by atoms with E-state index < -0.39 is 22.0 Å². The van der Waals surface area contributed by atoms with Gasteiger partial charge in [0.25, 0.3) is 0 Å². The summed E-state index contributed by atoms with van der Waals surface area (Å²) in [6, 6.07) is 4.19. The Morgan fingerprint density at radius 3 is 2.58 bits per heavy atom. The van der Waals surface area contributed by atoms with E-state index in [0.29, 0.717) is 0 Å². The van der Waals surface area contributed by atoms with E-state index in [4.69, 9.17) is 9.84 Å². The van der Waals surface area contributed by atoms with Gasteiger partial charge in [-0.2, -0.15) is 4.31 Å². The Morgan fingerprint density at radius 2 is 2.04 bits per heavy atom. The average Bonchev–Trinajstić information content (AvgIpc) is 2.53. The van der Waals surface area contributed by atoms with E-state index in [9.17, 15) is 13.2 Å². The number of benzene rings is 1. The minimum atomic E-state index is -3.85. The molecular weight excluding hydrogens is 332 g/mol. The number of nitrogens with one attached hydrogen (secondary N) is 1. The van der Waals surface area contributed by atoms with Crippen molar-refractivity contribution in [3.8, 4) is 5.75 Å². The number of ether oxygens (including phenoxy) is 1. The van der Waals surface area contributed by atoms with Crippen LogP contribution >= 0.6 is 0 Å². The molecule has 0 radical (unpaired) electrons. The van der Waals surface area contributed by atoms with Gasteiger partial charge in [0.15, 0.2) is 0 Å². The number of methoxy groups -OCH3 is 1. The molecule has 0 spiro atoms. The predicted octanol–water partition coefficient (Wildman–Crippen LogP) is 1.04. The summed E-state index contributed by atoms with van der Waals surface area (Å²) in [6.45, 7) is 6.39. The third kappa shape index (κ3) is 3.71. The molecule has 24 heavy (non-hydrogen) atoms. The van der Waals surface area contributed by atoms with Crippen LogP contribution in [0.15, 0.2) is 23.1 Å². The summed E-state index contributed by atoms with van der Waals surface area (Å²) in [5.41, 5.74) is 0.649. The Bertz CT molecular complexity index is 724. The molecule has 0 saturated carbocycles. The number of rotatable bonds is 4. The SMILES string of the molecule is COc1ccc(C(C)(C)C)cc1S(=O)(=O)N1CCNC(C(=O)O)C1. The first kappa shape index (κ1) is 18.7. The van der Waals surface area contributed by atoms with Crippen molar-refractivity contribution < 1.29 is 23.1 Å². The van der Waals surface area contributed by atoms with Crippen LogP contribution in [0.5, 0.6) is 5.75 Å². The summed E-state index contributed by atoms with van der Waals surface area (Å²) >= 11 is 0. The molecule has 2 N–H and O–H groups in total. The fraction of sp³-hybridized carbons (Fsp3) is 0.562. The summed E-state index contributed by atoms with van der Waals surface area (Å²) in [4.78, 5) is 11.2. The lowest BCUT2D eigenvalue weighted by Gasteiger charge is -2.31. The molecule has 0 bridgehead atoms. The Labute approximate surface area is 142 Å². The number of carboxylic acid groups (broad SMARTS) is 1. The van der Waals surface area contributed by atoms with E-state index in [0.717, 1.165) is 5.56 Å². The third-order valence-corrected chi connectivity index (χ3v) is 5.97. The van der Waals surface area contributed by atoms with Crippen LogP contribution in [0.2, 0.25) is 0 Å². The first-order valence-corrected chi connectivity index (χ1v) is 9.16. The summed E-state index contributed by atoms with van der Waals surface area (Å²) in [6.07, 6.45) is 0. The van der Waals surface area contributed by atoms with Gasteiger partial charge in [-0.15, -0.1) is 0 Å². The van der Waals surface area contributed by atoms with Gasteiger partial charge in [-0.1, -0.05) is 26.8 Å². The highest BCUT2D eigenvalue weighted by Crippen LogP contribution is 2.32. The molecule has 1 aliphatic rings. The average molecular weight is 356 g/mol. The van der Waals surface area contributed by atoms with Crippen molar-refractivity contribution in [3.63, 3.8) is 0 Å². The Hall–Kier alpha value is -1.64. The molecular formula is C16H24N2O5S. The number of nitrogens with zero attached hydrogens (tertiary/aromatic N) is 1. The maximum atomic E-state index is 13.0. The lowest BCUT2D eigenvalue weighted by Crippen LogP contribution is -2.55. The highest BCUT2D eigenvalue weighted by atomic mass is 32.2. The number of aliphatic carboxylic acids is 1. The number of carbonyl (C=O) groups is 1. The first-order valence-electron chi connectivity index (χ1n) is 7.72. The maximum absolute atomic E-state index is 13.0. The second-order valence-corrected chi connectivity index (χ2v) is 8.73. The fourth-order valence-corrected chi connectivity index (χ4v) is 4.23. The van der Waals surface area contributed by atoms with Crippen molar-refractivity contribution in [2.24, 2.45) is 0 Å². The Kier molecular flexibility index (Phi) is 5.22. The Morgan fingerprint density at radius 1 is 1.38 bits per heavy atom. The molecule has 7 nitrogen and oxygen atoms in total. The summed E-state index contributed by atoms with van der Waals surface area (Å²) in [5, 5.41) is 11.9. The van der Waals surface area contributed by atoms with Crippen LogP contribution in [-0.2, 0) is 20.2 Å². The van der Waals surface area contributed by atoms with Gasteiger partial charge in [-0.3, -0.25) is 4.79 Å². The van der Waals surface area contributed by atoms with Crippen LogP contribution in [0.25, 0.3) is 0 Å². The molecule has 134 valence electrons. The highest BCUT2D eigenvalue weighted by Gasteiger charge is 2.35. The minimum absolute atomic E-state index is 0.0727. The van der Waals surface area contributed by atoms with Gasteiger partial charge in [0, 0.05) is 19.6 Å². The summed E-state index contributed by atoms with van der Waals surface area (Å²) in [5.74, 6) is -0.807. The number of sulfonamides is 1. The number of hydrogen-bond acceptors (Lipinski definition) is 5. The molecule has 2 rings (SSSR count). The molecule has 1 aromatic rings. The van der Waals surface area contributed by atoms with Crippen molar-refractivity contribution in [3.05, 3.63) is 23.8 Å². The quantitative estimate of drug-likeness (QED) is 0.837. The monoisotopic (exact) mass is 356 g/mol. The van der Waals surface area contributed by atoms with Gasteiger partial charge in [-0.25, -0.2) is 8.42 Å². The molecule has 1 aliphatic heterocycles. The molecule has 1 aromatic carbocycles. The molecule has 1 fully saturated rings. The molecule has 1 unspecified atom stereocenters. The van der Waals surface area contributed by atoms with E-state index in [2.05, 4.69) is 5.32 Å². The van der Waals surface area contributed by atoms with Crippen LogP contribution in [0, 0.1) is 0 Å². The van der Waals surface area contributed by atoms with Crippen LogP contribution < -0.4 is 10.1 Å². The number of carboxylic acids is 1. The first-order chi connectivity index (χ1) is 11.1. The molecule has 1 heterocycles. The van der Waals surface area contributed by atoms with Crippen LogP contribution in [-0.4, -0.2) is 56.6 Å². The van der Waals surface area contributed by atoms with E-state index >= 15 is 0 Å². The maximum Gasteiger partial charge on any atom is 0.322 e. The van der Waals surface area contributed by atoms with Gasteiger partial charge in [0.1, 0.15) is 16.7 Å². The van der Waals surface area contributed by atoms with Crippen LogP contribution in [0.4, 0.5) is 0 Å². The molecule has 0 aliphatic carbocycles. The largest absolute Gasteiger partial charge is 0.495 e.